The molecule has 1 aliphatic heterocycles. The monoisotopic (exact) mass is 417 g/mol. The van der Waals surface area contributed by atoms with Crippen molar-refractivity contribution in [3.63, 3.8) is 0 Å². The molecule has 1 N–H and O–H groups in total. The minimum Gasteiger partial charge on any atom is -0.493 e. The number of carbonyl (C=O) groups excluding carboxylic acids is 1. The summed E-state index contributed by atoms with van der Waals surface area (Å²) in [5.74, 6) is 1.01. The fourth-order valence-corrected chi connectivity index (χ4v) is 3.15. The Labute approximate surface area is 180 Å². The first-order valence-electron chi connectivity index (χ1n) is 10.00. The molecule has 0 unspecified atom stereocenters. The maximum atomic E-state index is 12.3. The molecule has 1 aromatic heterocycles. The summed E-state index contributed by atoms with van der Waals surface area (Å²) in [6.45, 7) is 4.65. The lowest BCUT2D eigenvalue weighted by Crippen LogP contribution is -2.44. The maximum Gasteiger partial charge on any atom is 0.230 e. The van der Waals surface area contributed by atoms with E-state index in [1.54, 1.807) is 12.1 Å². The van der Waals surface area contributed by atoms with Crippen molar-refractivity contribution in [1.82, 2.24) is 15.0 Å². The molecule has 0 radical (unpaired) electrons. The SMILES string of the molecule is CC1(COc2ccc(CC(=O)Nc3cnn(Cc4ccc(C#N)cc4)n3)cc2)COC1. The van der Waals surface area contributed by atoms with E-state index in [0.29, 0.717) is 24.5 Å². The highest BCUT2D eigenvalue weighted by Crippen LogP contribution is 2.27. The van der Waals surface area contributed by atoms with Crippen LogP contribution in [0, 0.1) is 16.7 Å². The van der Waals surface area contributed by atoms with Gasteiger partial charge in [-0.3, -0.25) is 4.79 Å². The van der Waals surface area contributed by atoms with E-state index in [4.69, 9.17) is 14.7 Å². The lowest BCUT2D eigenvalue weighted by Gasteiger charge is -2.37. The van der Waals surface area contributed by atoms with Crippen LogP contribution < -0.4 is 10.1 Å². The van der Waals surface area contributed by atoms with Gasteiger partial charge in [0.15, 0.2) is 5.82 Å². The van der Waals surface area contributed by atoms with Crippen LogP contribution in [0.25, 0.3) is 0 Å². The van der Waals surface area contributed by atoms with Crippen molar-refractivity contribution < 1.29 is 14.3 Å². The molecule has 8 nitrogen and oxygen atoms in total. The Kier molecular flexibility index (Phi) is 5.96. The molecular weight excluding hydrogens is 394 g/mol. The second-order valence-corrected chi connectivity index (χ2v) is 8.03. The third-order valence-corrected chi connectivity index (χ3v) is 4.99. The topological polar surface area (TPSA) is 102 Å². The minimum absolute atomic E-state index is 0.0933. The Morgan fingerprint density at radius 3 is 2.55 bits per heavy atom. The first-order valence-corrected chi connectivity index (χ1v) is 10.00. The van der Waals surface area contributed by atoms with Gasteiger partial charge >= 0.3 is 0 Å². The normalized spacial score (nSPS) is 14.3. The van der Waals surface area contributed by atoms with Gasteiger partial charge in [-0.1, -0.05) is 31.2 Å². The molecule has 1 fully saturated rings. The minimum atomic E-state index is -0.168. The molecule has 31 heavy (non-hydrogen) atoms. The molecule has 0 aliphatic carbocycles. The largest absolute Gasteiger partial charge is 0.493 e. The van der Waals surface area contributed by atoms with Crippen LogP contribution in [0.1, 0.15) is 23.6 Å². The van der Waals surface area contributed by atoms with Crippen molar-refractivity contribution in [2.24, 2.45) is 5.41 Å². The average Bonchev–Trinajstić information content (AvgIpc) is 3.19. The number of carbonyl (C=O) groups is 1. The third-order valence-electron chi connectivity index (χ3n) is 4.99. The number of ether oxygens (including phenoxy) is 2. The summed E-state index contributed by atoms with van der Waals surface area (Å²) in [5.41, 5.74) is 2.55. The lowest BCUT2D eigenvalue weighted by molar-refractivity contribution is -0.120. The third kappa shape index (κ3) is 5.47. The Morgan fingerprint density at radius 2 is 1.90 bits per heavy atom. The second kappa shape index (κ2) is 8.98. The van der Waals surface area contributed by atoms with E-state index in [1.165, 1.54) is 11.0 Å². The van der Waals surface area contributed by atoms with Crippen molar-refractivity contribution >= 4 is 11.7 Å². The standard InChI is InChI=1S/C23H23N5O3/c1-23(14-30-15-23)16-31-20-8-6-17(7-9-20)10-22(29)26-21-12-25-28(27-21)13-19-4-2-18(11-24)3-5-19/h2-9,12H,10,13-16H2,1H3,(H,26,27,29). The van der Waals surface area contributed by atoms with Gasteiger partial charge in [0.25, 0.3) is 0 Å². The number of nitrogens with zero attached hydrogens (tertiary/aromatic N) is 4. The summed E-state index contributed by atoms with van der Waals surface area (Å²) in [5, 5.41) is 20.1. The Balaban J connectivity index is 1.26. The molecule has 3 aromatic rings. The summed E-state index contributed by atoms with van der Waals surface area (Å²) in [6.07, 6.45) is 1.75. The van der Waals surface area contributed by atoms with Crippen molar-refractivity contribution in [2.75, 3.05) is 25.1 Å². The van der Waals surface area contributed by atoms with Crippen LogP contribution >= 0.6 is 0 Å². The molecular formula is C23H23N5O3. The predicted molar refractivity (Wildman–Crippen MR) is 113 cm³/mol. The zero-order valence-electron chi connectivity index (χ0n) is 17.2. The molecule has 1 aliphatic rings. The number of amides is 1. The molecule has 8 heteroatoms. The van der Waals surface area contributed by atoms with E-state index < -0.39 is 0 Å². The second-order valence-electron chi connectivity index (χ2n) is 8.03. The van der Waals surface area contributed by atoms with Crippen molar-refractivity contribution in [3.8, 4) is 11.8 Å². The number of rotatable bonds is 8. The van der Waals surface area contributed by atoms with E-state index in [2.05, 4.69) is 28.5 Å². The molecule has 0 bridgehead atoms. The number of benzene rings is 2. The van der Waals surface area contributed by atoms with E-state index in [-0.39, 0.29) is 17.7 Å². The van der Waals surface area contributed by atoms with Crippen molar-refractivity contribution in [1.29, 1.82) is 5.26 Å². The molecule has 0 atom stereocenters. The summed E-state index contributed by atoms with van der Waals surface area (Å²) < 4.78 is 11.0. The molecule has 1 amide bonds. The quantitative estimate of drug-likeness (QED) is 0.605. The van der Waals surface area contributed by atoms with Gasteiger partial charge in [-0.2, -0.15) is 15.2 Å². The van der Waals surface area contributed by atoms with Crippen LogP contribution in [0.15, 0.2) is 54.7 Å². The Morgan fingerprint density at radius 1 is 1.19 bits per heavy atom. The molecule has 1 saturated heterocycles. The molecule has 158 valence electrons. The smallest absolute Gasteiger partial charge is 0.230 e. The summed E-state index contributed by atoms with van der Waals surface area (Å²) >= 11 is 0. The van der Waals surface area contributed by atoms with E-state index >= 15 is 0 Å². The fraction of sp³-hybridized carbons (Fsp3) is 0.304. The molecule has 2 aromatic carbocycles. The zero-order chi connectivity index (χ0) is 21.7. The zero-order valence-corrected chi connectivity index (χ0v) is 17.2. The van der Waals surface area contributed by atoms with Crippen LogP contribution in [0.2, 0.25) is 0 Å². The van der Waals surface area contributed by atoms with Crippen LogP contribution in [-0.2, 0) is 22.5 Å². The van der Waals surface area contributed by atoms with Crippen LogP contribution in [0.5, 0.6) is 5.75 Å². The van der Waals surface area contributed by atoms with Gasteiger partial charge in [-0.05, 0) is 35.4 Å². The number of nitriles is 1. The van der Waals surface area contributed by atoms with Crippen LogP contribution in [0.3, 0.4) is 0 Å². The van der Waals surface area contributed by atoms with Crippen LogP contribution in [0.4, 0.5) is 5.82 Å². The Bertz CT molecular complexity index is 1080. The van der Waals surface area contributed by atoms with Gasteiger partial charge in [0, 0.05) is 5.41 Å². The van der Waals surface area contributed by atoms with Crippen LogP contribution in [-0.4, -0.2) is 40.7 Å². The van der Waals surface area contributed by atoms with E-state index in [9.17, 15) is 4.79 Å². The number of hydrogen-bond acceptors (Lipinski definition) is 6. The van der Waals surface area contributed by atoms with Crippen molar-refractivity contribution in [2.45, 2.75) is 19.9 Å². The number of anilines is 1. The first kappa shape index (κ1) is 20.6. The van der Waals surface area contributed by atoms with Crippen molar-refractivity contribution in [3.05, 3.63) is 71.4 Å². The van der Waals surface area contributed by atoms with Gasteiger partial charge in [0.05, 0.1) is 50.6 Å². The highest BCUT2D eigenvalue weighted by atomic mass is 16.5. The number of hydrogen-bond donors (Lipinski definition) is 1. The number of nitrogens with one attached hydrogen (secondary N) is 1. The summed E-state index contributed by atoms with van der Waals surface area (Å²) in [4.78, 5) is 13.8. The predicted octanol–water partition coefficient (Wildman–Crippen LogP) is 2.79. The highest BCUT2D eigenvalue weighted by Gasteiger charge is 2.34. The molecule has 0 saturated carbocycles. The van der Waals surface area contributed by atoms with Gasteiger partial charge < -0.3 is 14.8 Å². The lowest BCUT2D eigenvalue weighted by atomic mass is 9.90. The van der Waals surface area contributed by atoms with Gasteiger partial charge in [-0.15, -0.1) is 5.10 Å². The first-order chi connectivity index (χ1) is 15.0. The number of aromatic nitrogens is 3. The van der Waals surface area contributed by atoms with Gasteiger partial charge in [-0.25, -0.2) is 0 Å². The summed E-state index contributed by atoms with van der Waals surface area (Å²) in [7, 11) is 0. The molecule has 0 spiro atoms. The average molecular weight is 417 g/mol. The summed E-state index contributed by atoms with van der Waals surface area (Å²) in [6, 6.07) is 16.8. The Hall–Kier alpha value is -3.70. The van der Waals surface area contributed by atoms with E-state index in [1.807, 2.05) is 36.4 Å². The molecule has 4 rings (SSSR count). The van der Waals surface area contributed by atoms with E-state index in [0.717, 1.165) is 30.1 Å². The fourth-order valence-electron chi connectivity index (χ4n) is 3.15. The van der Waals surface area contributed by atoms with Gasteiger partial charge in [0.1, 0.15) is 5.75 Å². The van der Waals surface area contributed by atoms with Gasteiger partial charge in [0.2, 0.25) is 5.91 Å². The maximum absolute atomic E-state index is 12.3. The highest BCUT2D eigenvalue weighted by molar-refractivity contribution is 5.91. The molecule has 2 heterocycles.